The number of phenolic OH excluding ortho intramolecular Hbond substituents is 10. The lowest BCUT2D eigenvalue weighted by molar-refractivity contribution is 0.000360. The maximum atomic E-state index is 12.9. The van der Waals surface area contributed by atoms with Gasteiger partial charge in [0.2, 0.25) is 0 Å². The van der Waals surface area contributed by atoms with Crippen LogP contribution < -0.4 is 14.2 Å². The van der Waals surface area contributed by atoms with Crippen molar-refractivity contribution in [2.24, 2.45) is 0 Å². The summed E-state index contributed by atoms with van der Waals surface area (Å²) in [5.41, 5.74) is 0.295. The molecule has 0 saturated carbocycles. The molecule has 1 unspecified atom stereocenters. The van der Waals surface area contributed by atoms with Gasteiger partial charge < -0.3 is 80.6 Å². The number of aliphatic hydroxyl groups excluding tert-OH is 3. The van der Waals surface area contributed by atoms with Gasteiger partial charge in [-0.3, -0.25) is 0 Å². The van der Waals surface area contributed by atoms with Crippen molar-refractivity contribution in [3.63, 3.8) is 0 Å². The molecule has 0 bridgehead atoms. The molecular formula is C45H38O16. The van der Waals surface area contributed by atoms with E-state index in [0.29, 0.717) is 0 Å². The Morgan fingerprint density at radius 3 is 1.28 bits per heavy atom. The highest BCUT2D eigenvalue weighted by molar-refractivity contribution is 5.70. The zero-order valence-electron chi connectivity index (χ0n) is 31.5. The minimum Gasteiger partial charge on any atom is -0.508 e. The first-order chi connectivity index (χ1) is 29.1. The Kier molecular flexibility index (Phi) is 9.23. The zero-order valence-corrected chi connectivity index (χ0v) is 31.5. The number of hydrogen-bond donors (Lipinski definition) is 13. The van der Waals surface area contributed by atoms with Gasteiger partial charge in [-0.05, 0) is 65.2 Å². The van der Waals surface area contributed by atoms with E-state index >= 15 is 0 Å². The molecule has 0 spiro atoms. The topological polar surface area (TPSA) is 291 Å². The van der Waals surface area contributed by atoms with Crippen molar-refractivity contribution in [1.29, 1.82) is 0 Å². The van der Waals surface area contributed by atoms with E-state index in [1.165, 1.54) is 78.9 Å². The van der Waals surface area contributed by atoms with Crippen LogP contribution in [0.5, 0.6) is 74.7 Å². The molecule has 61 heavy (non-hydrogen) atoms. The van der Waals surface area contributed by atoms with Crippen LogP contribution in [0.25, 0.3) is 0 Å². The third-order valence-electron chi connectivity index (χ3n) is 11.7. The molecule has 9 rings (SSSR count). The second kappa shape index (κ2) is 14.4. The zero-order chi connectivity index (χ0) is 43.2. The van der Waals surface area contributed by atoms with Gasteiger partial charge in [-0.1, -0.05) is 30.3 Å². The number of benzene rings is 6. The van der Waals surface area contributed by atoms with Crippen molar-refractivity contribution in [3.05, 3.63) is 136 Å². The molecular weight excluding hydrogens is 796 g/mol. The number of aromatic hydroxyl groups is 10. The van der Waals surface area contributed by atoms with E-state index in [0.717, 1.165) is 12.1 Å². The summed E-state index contributed by atoms with van der Waals surface area (Å²) in [5.74, 6) is -7.77. The van der Waals surface area contributed by atoms with Crippen molar-refractivity contribution in [2.75, 3.05) is 0 Å². The van der Waals surface area contributed by atoms with E-state index in [1.807, 2.05) is 0 Å². The van der Waals surface area contributed by atoms with Crippen molar-refractivity contribution >= 4 is 0 Å². The molecule has 0 amide bonds. The van der Waals surface area contributed by atoms with E-state index in [1.54, 1.807) is 0 Å². The second-order valence-corrected chi connectivity index (χ2v) is 15.3. The van der Waals surface area contributed by atoms with E-state index in [4.69, 9.17) is 14.2 Å². The SMILES string of the molecule is Oc1ccc2c(c1)O[C@H](c1ccc(O)c(O)c1)[C@H](O)C2c1c(O)c2c(c([C@H]3c4ccc(O)cc4O[C@H](c4ccc(O)c(O)c4)[C@@H]3O)c1O)O[C@H](c1ccc(O)c(O)c1)[C@@H](O)C2. The Bertz CT molecular complexity index is 2730. The molecule has 8 atom stereocenters. The highest BCUT2D eigenvalue weighted by Crippen LogP contribution is 2.60. The predicted octanol–water partition coefficient (Wildman–Crippen LogP) is 5.03. The van der Waals surface area contributed by atoms with Crippen molar-refractivity contribution < 1.29 is 80.6 Å². The van der Waals surface area contributed by atoms with Crippen molar-refractivity contribution in [1.82, 2.24) is 0 Å². The molecule has 16 nitrogen and oxygen atoms in total. The van der Waals surface area contributed by atoms with Crippen LogP contribution >= 0.6 is 0 Å². The lowest BCUT2D eigenvalue weighted by Gasteiger charge is -2.42. The van der Waals surface area contributed by atoms with Gasteiger partial charge in [0.25, 0.3) is 0 Å². The number of phenols is 10. The molecule has 0 aliphatic carbocycles. The fourth-order valence-corrected chi connectivity index (χ4v) is 8.75. The molecule has 3 aliphatic rings. The van der Waals surface area contributed by atoms with E-state index in [9.17, 15) is 66.4 Å². The molecule has 6 aromatic carbocycles. The van der Waals surface area contributed by atoms with Gasteiger partial charge in [0.05, 0.1) is 6.10 Å². The minimum atomic E-state index is -1.69. The molecule has 13 N–H and O–H groups in total. The van der Waals surface area contributed by atoms with Crippen LogP contribution in [-0.2, 0) is 6.42 Å². The van der Waals surface area contributed by atoms with Crippen molar-refractivity contribution in [3.8, 4) is 74.7 Å². The number of hydrogen-bond acceptors (Lipinski definition) is 16. The van der Waals surface area contributed by atoms with Gasteiger partial charge in [-0.2, -0.15) is 0 Å². The standard InChI is InChI=1S/C45H38O16/c46-20-4-6-22-32(14-20)59-43(18-2-9-26(49)29(52)12-18)40(57)34(22)36-38(55)24-16-31(54)42(17-1-8-25(48)28(51)11-17)61-45(24)37(39(36)56)35-23-7-5-21(47)15-33(23)60-44(41(35)58)19-3-10-27(50)30(53)13-19/h1-15,31,34-35,40-44,46-58H,16H2/t31-,34?,35+,40+,41+,42+,43+,44+/m0/s1. The molecule has 0 radical (unpaired) electrons. The average molecular weight is 835 g/mol. The van der Waals surface area contributed by atoms with Gasteiger partial charge >= 0.3 is 0 Å². The first-order valence-electron chi connectivity index (χ1n) is 19.0. The van der Waals surface area contributed by atoms with Crippen LogP contribution in [0.1, 0.15) is 74.7 Å². The van der Waals surface area contributed by atoms with Gasteiger partial charge in [-0.25, -0.2) is 0 Å². The maximum absolute atomic E-state index is 12.9. The Balaban J connectivity index is 1.31. The number of rotatable bonds is 5. The second-order valence-electron chi connectivity index (χ2n) is 15.3. The van der Waals surface area contributed by atoms with Crippen LogP contribution in [0.4, 0.5) is 0 Å². The summed E-state index contributed by atoms with van der Waals surface area (Å²) in [6.07, 6.45) is -9.21. The molecule has 6 aromatic rings. The van der Waals surface area contributed by atoms with Crippen LogP contribution in [0.15, 0.2) is 91.0 Å². The third-order valence-corrected chi connectivity index (χ3v) is 11.7. The Morgan fingerprint density at radius 2 is 0.836 bits per heavy atom. The molecule has 314 valence electrons. The number of aliphatic hydroxyl groups is 3. The average Bonchev–Trinajstić information content (AvgIpc) is 3.22. The monoisotopic (exact) mass is 834 g/mol. The first-order valence-corrected chi connectivity index (χ1v) is 19.0. The smallest absolute Gasteiger partial charge is 0.157 e. The quantitative estimate of drug-likeness (QED) is 0.101. The molecule has 0 aromatic heterocycles. The van der Waals surface area contributed by atoms with Gasteiger partial charge in [-0.15, -0.1) is 0 Å². The van der Waals surface area contributed by atoms with Crippen LogP contribution in [0.2, 0.25) is 0 Å². The molecule has 3 aliphatic heterocycles. The van der Waals surface area contributed by atoms with Gasteiger partial charge in [0.15, 0.2) is 46.7 Å². The summed E-state index contributed by atoms with van der Waals surface area (Å²) in [6.45, 7) is 0. The van der Waals surface area contributed by atoms with Gasteiger partial charge in [0.1, 0.15) is 58.6 Å². The van der Waals surface area contributed by atoms with Crippen LogP contribution in [0.3, 0.4) is 0 Å². The fourth-order valence-electron chi connectivity index (χ4n) is 8.75. The lowest BCUT2D eigenvalue weighted by Crippen LogP contribution is -2.38. The summed E-state index contributed by atoms with van der Waals surface area (Å²) >= 11 is 0. The minimum absolute atomic E-state index is 0.00791. The Hall–Kier alpha value is -7.40. The Morgan fingerprint density at radius 1 is 0.410 bits per heavy atom. The van der Waals surface area contributed by atoms with E-state index in [2.05, 4.69) is 0 Å². The predicted molar refractivity (Wildman–Crippen MR) is 211 cm³/mol. The summed E-state index contributed by atoms with van der Waals surface area (Å²) in [5, 5.41) is 144. The van der Waals surface area contributed by atoms with Crippen LogP contribution in [0, 0.1) is 0 Å². The highest BCUT2D eigenvalue weighted by atomic mass is 16.5. The maximum Gasteiger partial charge on any atom is 0.157 e. The van der Waals surface area contributed by atoms with Gasteiger partial charge in [0, 0.05) is 58.2 Å². The highest BCUT2D eigenvalue weighted by Gasteiger charge is 2.49. The molecule has 16 heteroatoms. The van der Waals surface area contributed by atoms with Crippen molar-refractivity contribution in [2.45, 2.75) is 54.9 Å². The summed E-state index contributed by atoms with van der Waals surface area (Å²) in [6, 6.07) is 19.2. The largest absolute Gasteiger partial charge is 0.508 e. The number of ether oxygens (including phenoxy) is 3. The Labute approximate surface area is 345 Å². The number of fused-ring (bicyclic) bond motifs is 3. The fraction of sp³-hybridized carbons (Fsp3) is 0.200. The molecule has 0 saturated heterocycles. The van der Waals surface area contributed by atoms with E-state index in [-0.39, 0.29) is 79.7 Å². The summed E-state index contributed by atoms with van der Waals surface area (Å²) in [7, 11) is 0. The first kappa shape index (κ1) is 39.1. The summed E-state index contributed by atoms with van der Waals surface area (Å²) < 4.78 is 18.9. The van der Waals surface area contributed by atoms with Crippen LogP contribution in [-0.4, -0.2) is 84.7 Å². The van der Waals surface area contributed by atoms with E-state index < -0.39 is 94.5 Å². The normalized spacial score (nSPS) is 24.0. The molecule has 3 heterocycles. The molecule has 0 fully saturated rings. The third kappa shape index (κ3) is 6.35. The summed E-state index contributed by atoms with van der Waals surface area (Å²) in [4.78, 5) is 0. The lowest BCUT2D eigenvalue weighted by atomic mass is 9.73.